The van der Waals surface area contributed by atoms with Gasteiger partial charge in [-0.15, -0.1) is 4.52 Å². The van der Waals surface area contributed by atoms with Gasteiger partial charge < -0.3 is 25.4 Å². The number of halogens is 1. The number of alkyl halides is 1. The number of nitrogens with zero attached hydrogens (tertiary/aromatic N) is 4. The first-order valence-corrected chi connectivity index (χ1v) is 10.7. The molecule has 2 unspecified atom stereocenters. The lowest BCUT2D eigenvalue weighted by atomic mass is 10.1. The van der Waals surface area contributed by atoms with E-state index < -0.39 is 46.2 Å². The monoisotopic (exact) mass is 428 g/mol. The highest BCUT2D eigenvalue weighted by Gasteiger charge is 2.47. The number of hydrogen-bond donors (Lipinski definition) is 4. The van der Waals surface area contributed by atoms with Crippen molar-refractivity contribution in [1.82, 2.24) is 19.5 Å². The quantitative estimate of drug-likeness (QED) is 0.451. The first-order valence-electron chi connectivity index (χ1n) is 6.93. The van der Waals surface area contributed by atoms with Crippen molar-refractivity contribution >= 4 is 43.8 Å². The summed E-state index contributed by atoms with van der Waals surface area (Å²) in [4.78, 5) is 29.0. The number of aromatic nitrogens is 4. The third-order valence-electron chi connectivity index (χ3n) is 3.47. The number of aliphatic hydroxyl groups is 1. The first-order chi connectivity index (χ1) is 12.2. The molecule has 3 rings (SSSR count). The number of aliphatic hydroxyl groups excluding tert-OH is 1. The predicted molar refractivity (Wildman–Crippen MR) is 87.9 cm³/mol. The largest absolute Gasteiger partial charge is 0.532 e. The van der Waals surface area contributed by atoms with Crippen molar-refractivity contribution in [1.29, 1.82) is 0 Å². The van der Waals surface area contributed by atoms with E-state index in [-0.39, 0.29) is 17.0 Å². The lowest BCUT2D eigenvalue weighted by molar-refractivity contribution is -0.0403. The van der Waals surface area contributed by atoms with Gasteiger partial charge in [-0.3, -0.25) is 4.57 Å². The summed E-state index contributed by atoms with van der Waals surface area (Å²) >= 11 is 4.63. The van der Waals surface area contributed by atoms with Gasteiger partial charge in [-0.25, -0.2) is 23.9 Å². The van der Waals surface area contributed by atoms with Gasteiger partial charge in [-0.05, 0) is 4.31 Å². The molecular formula is C10H13FN5O7P2S+. The van der Waals surface area contributed by atoms with Crippen LogP contribution < -0.4 is 5.73 Å². The first kappa shape index (κ1) is 19.5. The molecule has 2 aromatic heterocycles. The van der Waals surface area contributed by atoms with Crippen LogP contribution in [0, 0.1) is 0 Å². The molecule has 0 amide bonds. The van der Waals surface area contributed by atoms with Crippen LogP contribution in [0.1, 0.15) is 6.23 Å². The average Bonchev–Trinajstić information content (AvgIpc) is 3.08. The minimum Gasteiger partial charge on any atom is -0.387 e. The maximum absolute atomic E-state index is 14.5. The van der Waals surface area contributed by atoms with Crippen LogP contribution in [-0.4, -0.2) is 59.4 Å². The van der Waals surface area contributed by atoms with Gasteiger partial charge in [0.15, 0.2) is 23.9 Å². The Labute approximate surface area is 150 Å². The number of imidazole rings is 1. The molecule has 3 heterocycles. The molecule has 5 N–H and O–H groups in total. The highest BCUT2D eigenvalue weighted by molar-refractivity contribution is 8.02. The maximum atomic E-state index is 14.5. The Bertz CT molecular complexity index is 881. The summed E-state index contributed by atoms with van der Waals surface area (Å²) in [5.74, 6) is 0.105. The summed E-state index contributed by atoms with van der Waals surface area (Å²) < 4.78 is 41.0. The number of rotatable bonds is 6. The molecule has 0 aliphatic carbocycles. The smallest absolute Gasteiger partial charge is 0.387 e. The topological polar surface area (TPSA) is 175 Å². The molecule has 0 bridgehead atoms. The number of hydrogen-bond acceptors (Lipinski definition) is 10. The van der Waals surface area contributed by atoms with Crippen LogP contribution in [0.2, 0.25) is 0 Å². The number of anilines is 1. The molecule has 2 aromatic rings. The van der Waals surface area contributed by atoms with Crippen LogP contribution in [0.3, 0.4) is 0 Å². The summed E-state index contributed by atoms with van der Waals surface area (Å²) in [5.41, 5.74) is 6.14. The fourth-order valence-electron chi connectivity index (χ4n) is 2.37. The second-order valence-electron chi connectivity index (χ2n) is 5.17. The highest BCUT2D eigenvalue weighted by atomic mass is 32.4. The Hall–Kier alpha value is -1.21. The van der Waals surface area contributed by atoms with Crippen LogP contribution >= 0.6 is 15.0 Å². The third kappa shape index (κ3) is 4.03. The van der Waals surface area contributed by atoms with E-state index in [0.717, 1.165) is 0 Å². The summed E-state index contributed by atoms with van der Waals surface area (Å²) in [6.45, 7) is -0.433. The van der Waals surface area contributed by atoms with Crippen molar-refractivity contribution in [2.24, 2.45) is 0 Å². The molecule has 0 aromatic carbocycles. The van der Waals surface area contributed by atoms with E-state index in [2.05, 4.69) is 31.1 Å². The molecule has 1 saturated heterocycles. The van der Waals surface area contributed by atoms with E-state index >= 15 is 0 Å². The van der Waals surface area contributed by atoms with Crippen LogP contribution in [0.5, 0.6) is 0 Å². The van der Waals surface area contributed by atoms with E-state index in [1.54, 1.807) is 0 Å². The Morgan fingerprint density at radius 1 is 1.46 bits per heavy atom. The molecule has 1 fully saturated rings. The zero-order chi connectivity index (χ0) is 19.1. The van der Waals surface area contributed by atoms with E-state index in [1.165, 1.54) is 17.2 Å². The number of phosphoric acid groups is 1. The fourth-order valence-corrected chi connectivity index (χ4v) is 4.48. The predicted octanol–water partition coefficient (Wildman–Crippen LogP) is -0.0954. The minimum atomic E-state index is -4.81. The Morgan fingerprint density at radius 3 is 2.88 bits per heavy atom. The average molecular weight is 428 g/mol. The van der Waals surface area contributed by atoms with Gasteiger partial charge in [0.05, 0.1) is 6.33 Å². The summed E-state index contributed by atoms with van der Waals surface area (Å²) in [5, 5.41) is 10.0. The van der Waals surface area contributed by atoms with E-state index in [9.17, 15) is 14.1 Å². The molecule has 0 radical (unpaired) electrons. The van der Waals surface area contributed by atoms with Crippen molar-refractivity contribution in [2.75, 3.05) is 12.3 Å². The number of fused-ring (bicyclic) bond motifs is 1. The zero-order valence-corrected chi connectivity index (χ0v) is 15.3. The van der Waals surface area contributed by atoms with Crippen molar-refractivity contribution in [3.05, 3.63) is 12.7 Å². The van der Waals surface area contributed by atoms with Gasteiger partial charge in [0.1, 0.15) is 30.7 Å². The van der Waals surface area contributed by atoms with E-state index in [1.807, 2.05) is 0 Å². The molecule has 1 aliphatic heterocycles. The summed E-state index contributed by atoms with van der Waals surface area (Å²) in [7, 11) is -7.17. The van der Waals surface area contributed by atoms with Crippen molar-refractivity contribution in [2.45, 2.75) is 24.6 Å². The van der Waals surface area contributed by atoms with Crippen molar-refractivity contribution < 1.29 is 37.4 Å². The Kier molecular flexibility index (Phi) is 5.58. The van der Waals surface area contributed by atoms with Gasteiger partial charge in [-0.1, -0.05) is 0 Å². The number of ether oxygens (including phenoxy) is 1. The molecule has 1 aliphatic rings. The molecule has 12 nitrogen and oxygen atoms in total. The highest BCUT2D eigenvalue weighted by Crippen LogP contribution is 2.48. The molecule has 0 spiro atoms. The summed E-state index contributed by atoms with van der Waals surface area (Å²) in [6, 6.07) is 0. The Balaban J connectivity index is 1.72. The van der Waals surface area contributed by atoms with E-state index in [0.29, 0.717) is 0 Å². The van der Waals surface area contributed by atoms with Gasteiger partial charge in [-0.2, -0.15) is 0 Å². The number of nitrogens with two attached hydrogens (primary N) is 1. The van der Waals surface area contributed by atoms with Gasteiger partial charge in [0.25, 0.3) is 0 Å². The molecule has 142 valence electrons. The Morgan fingerprint density at radius 2 is 2.19 bits per heavy atom. The SMILES string of the molecule is Nc1ncnc2c1ncn2[C@@H]1O[C@H](CO[P+](=S)OP(=O)(O)O)C(O)[C@@H]1F. The normalized spacial score (nSPS) is 27.2. The lowest BCUT2D eigenvalue weighted by Crippen LogP contribution is -2.31. The molecule has 26 heavy (non-hydrogen) atoms. The van der Waals surface area contributed by atoms with Crippen LogP contribution in [0.15, 0.2) is 12.7 Å². The molecule has 5 atom stereocenters. The maximum Gasteiger partial charge on any atom is 0.532 e. The van der Waals surface area contributed by atoms with E-state index in [4.69, 9.17) is 24.8 Å². The van der Waals surface area contributed by atoms with Crippen LogP contribution in [0.4, 0.5) is 10.2 Å². The van der Waals surface area contributed by atoms with Gasteiger partial charge in [0.2, 0.25) is 11.8 Å². The molecule has 16 heteroatoms. The van der Waals surface area contributed by atoms with Crippen molar-refractivity contribution in [3.63, 3.8) is 0 Å². The van der Waals surface area contributed by atoms with Gasteiger partial charge in [0, 0.05) is 0 Å². The second kappa shape index (κ2) is 7.43. The summed E-state index contributed by atoms with van der Waals surface area (Å²) in [6.07, 6.45) is -3.42. The van der Waals surface area contributed by atoms with Gasteiger partial charge >= 0.3 is 15.0 Å². The van der Waals surface area contributed by atoms with Crippen molar-refractivity contribution in [3.8, 4) is 0 Å². The standard InChI is InChI=1S/C10H12FN5O7P2S/c11-5-7(17)4(1-21-24(26)23-25(18,19)20)22-10(5)16-3-15-6-8(12)13-2-14-9(6)16/h2-5,7,10,17H,1H2,(H3-,12,13,14,18,19,20)/p+1/t4-,5+,7?,10-/m1/s1. The number of nitrogen functional groups attached to an aromatic ring is 1. The zero-order valence-electron chi connectivity index (χ0n) is 12.7. The fraction of sp³-hybridized carbons (Fsp3) is 0.500. The lowest BCUT2D eigenvalue weighted by Gasteiger charge is -2.14. The van der Waals surface area contributed by atoms with Crippen LogP contribution in [0.25, 0.3) is 11.2 Å². The molecule has 0 saturated carbocycles. The second-order valence-corrected chi connectivity index (χ2v) is 8.41. The minimum absolute atomic E-state index is 0.105. The third-order valence-corrected chi connectivity index (χ3v) is 6.13. The molecular weight excluding hydrogens is 415 g/mol. The van der Waals surface area contributed by atoms with Crippen LogP contribution in [-0.2, 0) is 29.9 Å².